The Morgan fingerprint density at radius 3 is 2.39 bits per heavy atom. The lowest BCUT2D eigenvalue weighted by atomic mass is 10.1. The third-order valence-corrected chi connectivity index (χ3v) is 6.21. The van der Waals surface area contributed by atoms with Crippen LogP contribution in [0.4, 0.5) is 21.5 Å². The number of anilines is 3. The molecular weight excluding hydrogens is 563 g/mol. The Hall–Kier alpha value is -3.38. The normalized spacial score (nSPS) is 12.5. The number of halogens is 2. The Morgan fingerprint density at radius 2 is 1.76 bits per heavy atom. The molecule has 41 heavy (non-hydrogen) atoms. The number of amides is 1. The molecule has 2 aromatic carbocycles. The molecule has 0 spiro atoms. The summed E-state index contributed by atoms with van der Waals surface area (Å²) in [5.41, 5.74) is 6.65. The van der Waals surface area contributed by atoms with Crippen molar-refractivity contribution in [2.24, 2.45) is 5.73 Å². The van der Waals surface area contributed by atoms with E-state index in [1.807, 2.05) is 11.9 Å². The number of likely N-dealkylation sites (N-methyl/N-ethyl adjacent to an activating group) is 1. The fourth-order valence-electron chi connectivity index (χ4n) is 3.97. The molecule has 17 N–H and O–H groups in total. The smallest absolute Gasteiger partial charge is 0.291 e. The van der Waals surface area contributed by atoms with Crippen LogP contribution >= 0.6 is 11.6 Å². The first-order valence-electron chi connectivity index (χ1n) is 11.7. The number of nitrogens with zero attached hydrogens (tertiary/aromatic N) is 2. The number of carbonyl (C=O) groups is 1. The van der Waals surface area contributed by atoms with Crippen LogP contribution in [0.15, 0.2) is 45.6 Å². The number of nitrogens with one attached hydrogen (secondary N) is 2. The average Bonchev–Trinajstić information content (AvgIpc) is 2.85. The van der Waals surface area contributed by atoms with Gasteiger partial charge >= 0.3 is 0 Å². The zero-order valence-electron chi connectivity index (χ0n) is 23.1. The molecule has 0 unspecified atom stereocenters. The maximum absolute atomic E-state index is 14.3. The van der Waals surface area contributed by atoms with Crippen LogP contribution in [0.1, 0.15) is 10.6 Å². The number of hydrogen-bond acceptors (Lipinski definition) is 11. The van der Waals surface area contributed by atoms with Crippen molar-refractivity contribution < 1.29 is 29.3 Å². The van der Waals surface area contributed by atoms with Crippen molar-refractivity contribution in [2.75, 3.05) is 75.1 Å². The molecule has 0 saturated carbocycles. The van der Waals surface area contributed by atoms with Gasteiger partial charge in [0.15, 0.2) is 16.8 Å². The first kappa shape index (κ1) is 39.8. The van der Waals surface area contributed by atoms with Crippen molar-refractivity contribution in [3.63, 3.8) is 0 Å². The number of carbonyl (C=O) groups excluding carboxylic acids is 1. The summed E-state index contributed by atoms with van der Waals surface area (Å²) in [5, 5.41) is 6.34. The molecule has 2 heterocycles. The van der Waals surface area contributed by atoms with Crippen LogP contribution in [0.3, 0.4) is 0 Å². The van der Waals surface area contributed by atoms with Crippen LogP contribution < -0.4 is 45.1 Å². The van der Waals surface area contributed by atoms with E-state index in [0.717, 1.165) is 25.2 Å². The number of ether oxygens (including phenoxy) is 1. The average molecular weight is 605 g/mol. The van der Waals surface area contributed by atoms with Crippen LogP contribution in [0.5, 0.6) is 0 Å². The van der Waals surface area contributed by atoms with E-state index in [2.05, 4.69) is 15.5 Å². The third kappa shape index (κ3) is 9.89. The van der Waals surface area contributed by atoms with Gasteiger partial charge in [0.2, 0.25) is 0 Å². The first-order valence-corrected chi connectivity index (χ1v) is 12.1. The third-order valence-electron chi connectivity index (χ3n) is 5.89. The summed E-state index contributed by atoms with van der Waals surface area (Å²) in [6, 6.07) is 8.54. The predicted molar refractivity (Wildman–Crippen MR) is 162 cm³/mol. The van der Waals surface area contributed by atoms with E-state index in [0.29, 0.717) is 61.5 Å². The van der Waals surface area contributed by atoms with Crippen LogP contribution in [0.25, 0.3) is 11.0 Å². The SMILES string of the molecule is CN1CCN(c2cc(F)cc3c(=O)cc(C(=O)Nc4ccc(NCCOCCN)c(Cl)c4)oc23)CC1.N.N.N.O.O. The van der Waals surface area contributed by atoms with E-state index in [-0.39, 0.29) is 46.1 Å². The van der Waals surface area contributed by atoms with Gasteiger partial charge in [0, 0.05) is 57.1 Å². The molecule has 1 aromatic heterocycles. The summed E-state index contributed by atoms with van der Waals surface area (Å²) in [6.07, 6.45) is 0. The zero-order chi connectivity index (χ0) is 25.7. The highest BCUT2D eigenvalue weighted by Crippen LogP contribution is 2.29. The Morgan fingerprint density at radius 1 is 1.07 bits per heavy atom. The summed E-state index contributed by atoms with van der Waals surface area (Å²) in [6.45, 7) is 4.83. The second-order valence-electron chi connectivity index (χ2n) is 8.54. The van der Waals surface area contributed by atoms with Gasteiger partial charge in [-0.15, -0.1) is 0 Å². The molecule has 14 nitrogen and oxygen atoms in total. The summed E-state index contributed by atoms with van der Waals surface area (Å²) >= 11 is 6.34. The molecule has 232 valence electrons. The van der Waals surface area contributed by atoms with E-state index in [9.17, 15) is 14.0 Å². The topological polar surface area (TPSA) is 281 Å². The number of piperazine rings is 1. The highest BCUT2D eigenvalue weighted by Gasteiger charge is 2.22. The summed E-state index contributed by atoms with van der Waals surface area (Å²) in [7, 11) is 2.01. The molecular formula is C25H42ClFN8O6. The van der Waals surface area contributed by atoms with Gasteiger partial charge in [0.05, 0.1) is 35.0 Å². The Labute approximate surface area is 242 Å². The highest BCUT2D eigenvalue weighted by atomic mass is 35.5. The van der Waals surface area contributed by atoms with Gasteiger partial charge < -0.3 is 64.7 Å². The van der Waals surface area contributed by atoms with Gasteiger partial charge in [-0.3, -0.25) is 9.59 Å². The molecule has 1 amide bonds. The molecule has 16 heteroatoms. The molecule has 0 atom stereocenters. The monoisotopic (exact) mass is 604 g/mol. The molecule has 0 bridgehead atoms. The second-order valence-corrected chi connectivity index (χ2v) is 8.95. The maximum atomic E-state index is 14.3. The molecule has 1 saturated heterocycles. The van der Waals surface area contributed by atoms with Gasteiger partial charge in [0.25, 0.3) is 5.91 Å². The second kappa shape index (κ2) is 18.1. The number of hydrogen-bond donors (Lipinski definition) is 6. The van der Waals surface area contributed by atoms with E-state index in [1.54, 1.807) is 18.2 Å². The van der Waals surface area contributed by atoms with Gasteiger partial charge in [-0.25, -0.2) is 4.39 Å². The minimum atomic E-state index is -0.616. The van der Waals surface area contributed by atoms with E-state index in [4.69, 9.17) is 26.5 Å². The maximum Gasteiger partial charge on any atom is 0.291 e. The highest BCUT2D eigenvalue weighted by molar-refractivity contribution is 6.33. The first-order chi connectivity index (χ1) is 17.4. The van der Waals surface area contributed by atoms with Crippen molar-refractivity contribution in [2.45, 2.75) is 0 Å². The van der Waals surface area contributed by atoms with Crippen molar-refractivity contribution >= 4 is 45.5 Å². The molecule has 4 rings (SSSR count). The standard InChI is InChI=1S/C25H29ClFN5O4.3H3N.2H2O/c1-31-6-8-32(9-7-31)21-13-16(27)12-18-22(33)15-23(36-24(18)21)25(34)30-17-2-3-20(19(26)14-17)29-5-11-35-10-4-28;;;;;/h2-3,12-15,29H,4-11,28H2,1H3,(H,30,34);3*1H3;2*1H2. The van der Waals surface area contributed by atoms with Crippen molar-refractivity contribution in [3.8, 4) is 0 Å². The minimum absolute atomic E-state index is 0. The van der Waals surface area contributed by atoms with Crippen LogP contribution in [0.2, 0.25) is 5.02 Å². The molecule has 0 aliphatic carbocycles. The fraction of sp³-hybridized carbons (Fsp3) is 0.360. The predicted octanol–water partition coefficient (Wildman–Crippen LogP) is 1.81. The number of rotatable bonds is 9. The van der Waals surface area contributed by atoms with E-state index in [1.165, 1.54) is 6.07 Å². The van der Waals surface area contributed by atoms with Gasteiger partial charge in [-0.2, -0.15) is 0 Å². The lowest BCUT2D eigenvalue weighted by Crippen LogP contribution is -2.44. The molecule has 1 aliphatic rings. The molecule has 0 radical (unpaired) electrons. The number of nitrogens with two attached hydrogens (primary N) is 1. The summed E-state index contributed by atoms with van der Waals surface area (Å²) in [4.78, 5) is 29.9. The quantitative estimate of drug-likeness (QED) is 0.191. The minimum Gasteiger partial charge on any atom is -0.448 e. The number of benzene rings is 2. The largest absolute Gasteiger partial charge is 0.448 e. The van der Waals surface area contributed by atoms with Gasteiger partial charge in [-0.1, -0.05) is 11.6 Å². The van der Waals surface area contributed by atoms with Gasteiger partial charge in [0.1, 0.15) is 5.82 Å². The fourth-order valence-corrected chi connectivity index (χ4v) is 4.22. The van der Waals surface area contributed by atoms with Crippen molar-refractivity contribution in [1.82, 2.24) is 23.4 Å². The van der Waals surface area contributed by atoms with E-state index >= 15 is 0 Å². The van der Waals surface area contributed by atoms with Crippen LogP contribution in [-0.2, 0) is 4.74 Å². The van der Waals surface area contributed by atoms with Crippen LogP contribution in [-0.4, -0.2) is 81.3 Å². The summed E-state index contributed by atoms with van der Waals surface area (Å²) < 4.78 is 25.5. The zero-order valence-corrected chi connectivity index (χ0v) is 23.9. The Balaban J connectivity index is 0. The van der Waals surface area contributed by atoms with E-state index < -0.39 is 17.2 Å². The Bertz CT molecular complexity index is 1310. The van der Waals surface area contributed by atoms with Crippen LogP contribution in [0, 0.1) is 5.82 Å². The Kier molecular flexibility index (Phi) is 17.6. The lowest BCUT2D eigenvalue weighted by molar-refractivity contribution is 0.0997. The van der Waals surface area contributed by atoms with Crippen molar-refractivity contribution in [3.05, 3.63) is 63.2 Å². The van der Waals surface area contributed by atoms with Gasteiger partial charge in [-0.05, 0) is 31.3 Å². The molecule has 1 fully saturated rings. The molecule has 3 aromatic rings. The van der Waals surface area contributed by atoms with Crippen molar-refractivity contribution in [1.29, 1.82) is 0 Å². The number of fused-ring (bicyclic) bond motifs is 1. The molecule has 1 aliphatic heterocycles. The lowest BCUT2D eigenvalue weighted by Gasteiger charge is -2.34. The summed E-state index contributed by atoms with van der Waals surface area (Å²) in [5.74, 6) is -1.32.